The van der Waals surface area contributed by atoms with E-state index in [1.807, 2.05) is 17.5 Å². The lowest BCUT2D eigenvalue weighted by Gasteiger charge is -2.32. The van der Waals surface area contributed by atoms with Gasteiger partial charge in [-0.3, -0.25) is 14.9 Å². The Morgan fingerprint density at radius 2 is 2.03 bits per heavy atom. The van der Waals surface area contributed by atoms with Crippen molar-refractivity contribution in [3.63, 3.8) is 0 Å². The van der Waals surface area contributed by atoms with Gasteiger partial charge in [-0.2, -0.15) is 11.3 Å². The minimum absolute atomic E-state index is 0.350. The van der Waals surface area contributed by atoms with Crippen molar-refractivity contribution in [1.82, 2.24) is 25.6 Å². The van der Waals surface area contributed by atoms with E-state index < -0.39 is 0 Å². The van der Waals surface area contributed by atoms with Crippen molar-refractivity contribution in [2.75, 3.05) is 30.3 Å². The van der Waals surface area contributed by atoms with Crippen LogP contribution in [0.3, 0.4) is 0 Å². The minimum Gasteiger partial charge on any atom is -0.384 e. The van der Waals surface area contributed by atoms with Crippen molar-refractivity contribution in [1.29, 1.82) is 0 Å². The van der Waals surface area contributed by atoms with Crippen LogP contribution in [0.4, 0.5) is 16.6 Å². The van der Waals surface area contributed by atoms with Gasteiger partial charge in [-0.25, -0.2) is 15.0 Å². The number of nitrogens with two attached hydrogens (primary N) is 1. The molecule has 0 unspecified atom stereocenters. The second kappa shape index (κ2) is 10.5. The number of amides is 2. The van der Waals surface area contributed by atoms with E-state index >= 15 is 0 Å². The fraction of sp³-hybridized carbons (Fsp3) is 0.292. The molecule has 0 aromatic carbocycles. The fourth-order valence-electron chi connectivity index (χ4n) is 4.19. The normalized spacial score (nSPS) is 17.8. The Bertz CT molecular complexity index is 1250. The number of carbonyl (C=O) groups is 2. The van der Waals surface area contributed by atoms with Gasteiger partial charge < -0.3 is 16.0 Å². The second-order valence-corrected chi connectivity index (χ2v) is 10.2. The molecule has 11 heteroatoms. The van der Waals surface area contributed by atoms with Gasteiger partial charge in [0.2, 0.25) is 5.95 Å². The number of nitrogen functional groups attached to an aromatic ring is 1. The summed E-state index contributed by atoms with van der Waals surface area (Å²) in [4.78, 5) is 39.2. The molecule has 2 aliphatic rings. The predicted molar refractivity (Wildman–Crippen MR) is 140 cm³/mol. The highest BCUT2D eigenvalue weighted by Crippen LogP contribution is 2.27. The first-order valence-corrected chi connectivity index (χ1v) is 13.1. The van der Waals surface area contributed by atoms with E-state index in [2.05, 4.69) is 41.9 Å². The van der Waals surface area contributed by atoms with E-state index in [-0.39, 0.29) is 11.1 Å². The molecule has 2 aliphatic heterocycles. The van der Waals surface area contributed by atoms with Crippen molar-refractivity contribution in [3.8, 4) is 11.3 Å². The van der Waals surface area contributed by atoms with E-state index in [9.17, 15) is 9.59 Å². The number of piperidine rings is 1. The number of hydrogen-bond donors (Lipinski definition) is 3. The fourth-order valence-corrected chi connectivity index (χ4v) is 5.50. The SMILES string of the molecule is Nc1ccc(CNCC2CCN(c3nccc(/C=C4/SC(=O)NC4=O)n3)CC2)c(-c2ccsc2)n1. The quantitative estimate of drug-likeness (QED) is 0.412. The van der Waals surface area contributed by atoms with Crippen LogP contribution in [0.25, 0.3) is 17.3 Å². The number of imide groups is 1. The van der Waals surface area contributed by atoms with Gasteiger partial charge in [0.05, 0.1) is 16.3 Å². The van der Waals surface area contributed by atoms with Crippen molar-refractivity contribution in [2.45, 2.75) is 19.4 Å². The van der Waals surface area contributed by atoms with Gasteiger partial charge in [0.25, 0.3) is 11.1 Å². The van der Waals surface area contributed by atoms with Crippen molar-refractivity contribution in [2.24, 2.45) is 5.92 Å². The number of pyridine rings is 1. The Morgan fingerprint density at radius 3 is 2.77 bits per heavy atom. The van der Waals surface area contributed by atoms with Crippen molar-refractivity contribution >= 4 is 52.1 Å². The zero-order valence-electron chi connectivity index (χ0n) is 18.9. The lowest BCUT2D eigenvalue weighted by Crippen LogP contribution is -2.38. The van der Waals surface area contributed by atoms with E-state index in [1.54, 1.807) is 29.7 Å². The average molecular weight is 508 g/mol. The molecule has 4 N–H and O–H groups in total. The first-order valence-electron chi connectivity index (χ1n) is 11.4. The van der Waals surface area contributed by atoms with Crippen LogP contribution >= 0.6 is 23.1 Å². The summed E-state index contributed by atoms with van der Waals surface area (Å²) in [6.07, 6.45) is 5.38. The molecule has 0 atom stereocenters. The van der Waals surface area contributed by atoms with Crippen LogP contribution < -0.4 is 21.3 Å². The predicted octanol–water partition coefficient (Wildman–Crippen LogP) is 3.51. The second-order valence-electron chi connectivity index (χ2n) is 8.45. The van der Waals surface area contributed by atoms with E-state index in [0.29, 0.717) is 28.3 Å². The minimum atomic E-state index is -0.384. The maximum atomic E-state index is 11.8. The van der Waals surface area contributed by atoms with Gasteiger partial charge in [-0.05, 0) is 72.3 Å². The van der Waals surface area contributed by atoms with Crippen LogP contribution in [0.15, 0.2) is 46.1 Å². The van der Waals surface area contributed by atoms with Crippen molar-refractivity contribution in [3.05, 3.63) is 57.4 Å². The van der Waals surface area contributed by atoms with Gasteiger partial charge in [0, 0.05) is 36.8 Å². The number of hydrogen-bond acceptors (Lipinski definition) is 10. The molecule has 2 fully saturated rings. The lowest BCUT2D eigenvalue weighted by atomic mass is 9.97. The van der Waals surface area contributed by atoms with Crippen LogP contribution in [0.5, 0.6) is 0 Å². The summed E-state index contributed by atoms with van der Waals surface area (Å²) < 4.78 is 0. The maximum absolute atomic E-state index is 11.8. The lowest BCUT2D eigenvalue weighted by molar-refractivity contribution is -0.115. The van der Waals surface area contributed by atoms with Gasteiger partial charge in [0.1, 0.15) is 5.82 Å². The molecule has 9 nitrogen and oxygen atoms in total. The van der Waals surface area contributed by atoms with Crippen molar-refractivity contribution < 1.29 is 9.59 Å². The van der Waals surface area contributed by atoms with Crippen LogP contribution in [-0.2, 0) is 11.3 Å². The summed E-state index contributed by atoms with van der Waals surface area (Å²) in [6, 6.07) is 7.71. The monoisotopic (exact) mass is 507 g/mol. The Kier molecular flexibility index (Phi) is 7.07. The number of thioether (sulfide) groups is 1. The highest BCUT2D eigenvalue weighted by molar-refractivity contribution is 8.18. The number of carbonyl (C=O) groups excluding carboxylic acids is 2. The Balaban J connectivity index is 1.14. The Morgan fingerprint density at radius 1 is 1.17 bits per heavy atom. The van der Waals surface area contributed by atoms with Crippen LogP contribution in [-0.4, -0.2) is 45.7 Å². The molecule has 5 heterocycles. The number of nitrogens with zero attached hydrogens (tertiary/aromatic N) is 4. The largest absolute Gasteiger partial charge is 0.384 e. The van der Waals surface area contributed by atoms with Gasteiger partial charge >= 0.3 is 0 Å². The summed E-state index contributed by atoms with van der Waals surface area (Å²) in [5, 5.41) is 9.64. The zero-order chi connectivity index (χ0) is 24.2. The average Bonchev–Trinajstić information content (AvgIpc) is 3.50. The maximum Gasteiger partial charge on any atom is 0.290 e. The number of anilines is 2. The molecular weight excluding hydrogens is 482 g/mol. The molecular formula is C24H25N7O2S2. The van der Waals surface area contributed by atoms with Crippen LogP contribution in [0.1, 0.15) is 24.1 Å². The first kappa shape index (κ1) is 23.5. The standard InChI is InChI=1S/C24H25N7O2S2/c25-20-2-1-16(21(29-20)17-6-10-34-14-17)13-26-12-15-4-8-31(9-5-15)23-27-7-3-18(28-23)11-19-22(32)30-24(33)35-19/h1-3,6-7,10-11,14-15,26H,4-5,8-9,12-13H2,(H2,25,29)(H,30,32,33)/b19-11+. The molecule has 0 aliphatic carbocycles. The molecule has 2 amide bonds. The van der Waals surface area contributed by atoms with E-state index in [0.717, 1.165) is 67.6 Å². The van der Waals surface area contributed by atoms with Crippen LogP contribution in [0, 0.1) is 5.92 Å². The molecule has 0 radical (unpaired) electrons. The molecule has 2 saturated heterocycles. The summed E-state index contributed by atoms with van der Waals surface area (Å²) in [6.45, 7) is 3.40. The van der Waals surface area contributed by atoms with Crippen LogP contribution in [0.2, 0.25) is 0 Å². The van der Waals surface area contributed by atoms with Gasteiger partial charge in [-0.15, -0.1) is 0 Å². The van der Waals surface area contributed by atoms with E-state index in [4.69, 9.17) is 5.73 Å². The topological polar surface area (TPSA) is 126 Å². The first-order chi connectivity index (χ1) is 17.0. The Labute approximate surface area is 211 Å². The van der Waals surface area contributed by atoms with E-state index in [1.165, 1.54) is 0 Å². The summed E-state index contributed by atoms with van der Waals surface area (Å²) in [7, 11) is 0. The Hall–Kier alpha value is -3.28. The number of aromatic nitrogens is 3. The molecule has 5 rings (SSSR count). The molecule has 0 saturated carbocycles. The molecule has 3 aromatic heterocycles. The molecule has 0 bridgehead atoms. The third-order valence-electron chi connectivity index (χ3n) is 6.03. The molecule has 35 heavy (non-hydrogen) atoms. The molecule has 3 aromatic rings. The number of thiophene rings is 1. The van der Waals surface area contributed by atoms with Gasteiger partial charge in [-0.1, -0.05) is 6.07 Å². The molecule has 0 spiro atoms. The highest BCUT2D eigenvalue weighted by atomic mass is 32.2. The third-order valence-corrected chi connectivity index (χ3v) is 7.52. The zero-order valence-corrected chi connectivity index (χ0v) is 20.6. The summed E-state index contributed by atoms with van der Waals surface area (Å²) in [5.74, 6) is 1.36. The smallest absolute Gasteiger partial charge is 0.290 e. The molecule has 180 valence electrons. The summed E-state index contributed by atoms with van der Waals surface area (Å²) in [5.41, 5.74) is 9.73. The number of nitrogens with one attached hydrogen (secondary N) is 2. The summed E-state index contributed by atoms with van der Waals surface area (Å²) >= 11 is 2.54. The third kappa shape index (κ3) is 5.69. The van der Waals surface area contributed by atoms with Gasteiger partial charge in [0.15, 0.2) is 0 Å². The highest BCUT2D eigenvalue weighted by Gasteiger charge is 2.26. The number of rotatable bonds is 7.